The summed E-state index contributed by atoms with van der Waals surface area (Å²) in [5.74, 6) is 5.79. The van der Waals surface area contributed by atoms with Crippen molar-refractivity contribution in [3.05, 3.63) is 11.6 Å². The van der Waals surface area contributed by atoms with Crippen molar-refractivity contribution in [3.8, 4) is 0 Å². The highest BCUT2D eigenvalue weighted by Gasteiger charge is 2.59. The van der Waals surface area contributed by atoms with Crippen LogP contribution >= 0.6 is 0 Å². The van der Waals surface area contributed by atoms with Gasteiger partial charge in [-0.25, -0.2) is 0 Å². The second-order valence-corrected chi connectivity index (χ2v) is 12.0. The Hall–Kier alpha value is -0.590. The lowest BCUT2D eigenvalue weighted by Crippen LogP contribution is -2.50. The minimum Gasteiger partial charge on any atom is -0.295 e. The summed E-state index contributed by atoms with van der Waals surface area (Å²) in [5.41, 5.74) is 2.43. The van der Waals surface area contributed by atoms with Crippen LogP contribution in [0.2, 0.25) is 0 Å². The monoisotopic (exact) mass is 384 g/mol. The molecule has 4 rings (SSSR count). The van der Waals surface area contributed by atoms with Crippen LogP contribution in [0.3, 0.4) is 0 Å². The van der Waals surface area contributed by atoms with Crippen molar-refractivity contribution in [2.75, 3.05) is 0 Å². The number of hydrogen-bond acceptors (Lipinski definition) is 1. The molecule has 0 saturated heterocycles. The molecule has 0 aromatic heterocycles. The molecule has 0 aromatic rings. The summed E-state index contributed by atoms with van der Waals surface area (Å²) in [4.78, 5) is 12.0. The van der Waals surface area contributed by atoms with Crippen molar-refractivity contribution >= 4 is 5.78 Å². The summed E-state index contributed by atoms with van der Waals surface area (Å²) >= 11 is 0. The summed E-state index contributed by atoms with van der Waals surface area (Å²) < 4.78 is 0. The van der Waals surface area contributed by atoms with Crippen LogP contribution in [0.1, 0.15) is 105 Å². The predicted octanol–water partition coefficient (Wildman–Crippen LogP) is 7.60. The minimum atomic E-state index is 0.332. The topological polar surface area (TPSA) is 17.1 Å². The molecule has 3 saturated carbocycles. The van der Waals surface area contributed by atoms with E-state index >= 15 is 0 Å². The molecule has 7 atom stereocenters. The molecule has 0 aliphatic heterocycles. The van der Waals surface area contributed by atoms with E-state index in [4.69, 9.17) is 0 Å². The van der Waals surface area contributed by atoms with Crippen molar-refractivity contribution in [1.29, 1.82) is 0 Å². The molecule has 4 aliphatic carbocycles. The van der Waals surface area contributed by atoms with E-state index in [1.165, 1.54) is 63.4 Å². The SMILES string of the molecule is CC(C)CCC[C@@H](C)[C@H]1CCC2C3CCC4=CC(=O)CC[C@]4(C)C3CC[C@@]21C. The van der Waals surface area contributed by atoms with Crippen molar-refractivity contribution in [3.63, 3.8) is 0 Å². The Morgan fingerprint density at radius 1 is 0.964 bits per heavy atom. The zero-order valence-electron chi connectivity index (χ0n) is 19.2. The van der Waals surface area contributed by atoms with Crippen molar-refractivity contribution < 1.29 is 4.79 Å². The number of hydrogen-bond donors (Lipinski definition) is 0. The van der Waals surface area contributed by atoms with Gasteiger partial charge in [0.05, 0.1) is 0 Å². The van der Waals surface area contributed by atoms with E-state index in [9.17, 15) is 4.79 Å². The second-order valence-electron chi connectivity index (χ2n) is 12.0. The molecular formula is C27H44O. The Morgan fingerprint density at radius 3 is 2.50 bits per heavy atom. The highest BCUT2D eigenvalue weighted by Crippen LogP contribution is 2.67. The zero-order chi connectivity index (χ0) is 20.1. The summed E-state index contributed by atoms with van der Waals surface area (Å²) in [5, 5.41) is 0. The molecule has 0 aromatic carbocycles. The molecule has 158 valence electrons. The molecule has 28 heavy (non-hydrogen) atoms. The Bertz CT molecular complexity index is 630. The normalized spacial score (nSPS) is 43.9. The third-order valence-corrected chi connectivity index (χ3v) is 10.2. The average molecular weight is 385 g/mol. The van der Waals surface area contributed by atoms with Gasteiger partial charge in [-0.05, 0) is 97.4 Å². The molecule has 0 amide bonds. The van der Waals surface area contributed by atoms with Gasteiger partial charge in [0.2, 0.25) is 0 Å². The smallest absolute Gasteiger partial charge is 0.155 e. The minimum absolute atomic E-state index is 0.332. The molecule has 0 N–H and O–H groups in total. The Kier molecular flexibility index (Phi) is 5.60. The van der Waals surface area contributed by atoms with Gasteiger partial charge in [-0.1, -0.05) is 59.5 Å². The number of carbonyl (C=O) groups excluding carboxylic acids is 1. The fourth-order valence-corrected chi connectivity index (χ4v) is 8.58. The van der Waals surface area contributed by atoms with Crippen LogP contribution in [0.4, 0.5) is 0 Å². The van der Waals surface area contributed by atoms with Crippen LogP contribution in [-0.2, 0) is 4.79 Å². The van der Waals surface area contributed by atoms with Gasteiger partial charge in [-0.15, -0.1) is 0 Å². The highest BCUT2D eigenvalue weighted by molar-refractivity contribution is 5.91. The molecule has 1 heteroatoms. The van der Waals surface area contributed by atoms with Gasteiger partial charge in [0.15, 0.2) is 5.78 Å². The fraction of sp³-hybridized carbons (Fsp3) is 0.889. The first kappa shape index (κ1) is 20.7. The highest BCUT2D eigenvalue weighted by atomic mass is 16.1. The van der Waals surface area contributed by atoms with Crippen LogP contribution in [-0.4, -0.2) is 5.78 Å². The third kappa shape index (κ3) is 3.33. The maximum Gasteiger partial charge on any atom is 0.155 e. The standard InChI is InChI=1S/C27H44O/c1-18(2)7-6-8-19(3)23-11-12-24-22-10-9-20-17-21(28)13-15-26(20,4)25(22)14-16-27(23,24)5/h17-19,22-25H,6-16H2,1-5H3/t19-,22?,23-,24?,25?,26+,27-/m1/s1. The lowest BCUT2D eigenvalue weighted by Gasteiger charge is -2.58. The van der Waals surface area contributed by atoms with Gasteiger partial charge in [0.25, 0.3) is 0 Å². The first-order valence-corrected chi connectivity index (χ1v) is 12.5. The van der Waals surface area contributed by atoms with Gasteiger partial charge in [0, 0.05) is 6.42 Å². The van der Waals surface area contributed by atoms with Gasteiger partial charge in [0.1, 0.15) is 0 Å². The number of carbonyl (C=O) groups is 1. The molecule has 3 fully saturated rings. The van der Waals surface area contributed by atoms with Crippen molar-refractivity contribution in [2.45, 2.75) is 105 Å². The quantitative estimate of drug-likeness (QED) is 0.477. The van der Waals surface area contributed by atoms with E-state index in [0.717, 1.165) is 48.3 Å². The molecule has 0 bridgehead atoms. The number of ketones is 1. The molecule has 0 spiro atoms. The molecular weight excluding hydrogens is 340 g/mol. The Morgan fingerprint density at radius 2 is 1.75 bits per heavy atom. The van der Waals surface area contributed by atoms with E-state index < -0.39 is 0 Å². The van der Waals surface area contributed by atoms with Crippen LogP contribution in [0.25, 0.3) is 0 Å². The van der Waals surface area contributed by atoms with E-state index in [1.54, 1.807) is 0 Å². The number of rotatable bonds is 5. The zero-order valence-corrected chi connectivity index (χ0v) is 19.2. The second kappa shape index (κ2) is 7.59. The first-order valence-electron chi connectivity index (χ1n) is 12.5. The van der Waals surface area contributed by atoms with E-state index in [-0.39, 0.29) is 0 Å². The largest absolute Gasteiger partial charge is 0.295 e. The third-order valence-electron chi connectivity index (χ3n) is 10.2. The van der Waals surface area contributed by atoms with Crippen LogP contribution < -0.4 is 0 Å². The Balaban J connectivity index is 1.49. The number of fused-ring (bicyclic) bond motifs is 5. The lowest BCUT2D eigenvalue weighted by molar-refractivity contribution is -0.117. The molecule has 3 unspecified atom stereocenters. The maximum atomic E-state index is 12.0. The van der Waals surface area contributed by atoms with Crippen LogP contribution in [0.5, 0.6) is 0 Å². The number of allylic oxidation sites excluding steroid dienone is 1. The Labute approximate surface area is 174 Å². The van der Waals surface area contributed by atoms with Gasteiger partial charge in [-0.2, -0.15) is 0 Å². The summed E-state index contributed by atoms with van der Waals surface area (Å²) in [7, 11) is 0. The fourth-order valence-electron chi connectivity index (χ4n) is 8.58. The molecule has 4 aliphatic rings. The summed E-state index contributed by atoms with van der Waals surface area (Å²) in [6.45, 7) is 12.5. The average Bonchev–Trinajstić information content (AvgIpc) is 2.99. The maximum absolute atomic E-state index is 12.0. The molecule has 0 heterocycles. The van der Waals surface area contributed by atoms with Gasteiger partial charge in [-0.3, -0.25) is 4.79 Å². The van der Waals surface area contributed by atoms with E-state index in [0.29, 0.717) is 16.6 Å². The van der Waals surface area contributed by atoms with E-state index in [2.05, 4.69) is 40.7 Å². The molecule has 0 radical (unpaired) electrons. The summed E-state index contributed by atoms with van der Waals surface area (Å²) in [6, 6.07) is 0. The first-order chi connectivity index (χ1) is 13.3. The van der Waals surface area contributed by atoms with Crippen molar-refractivity contribution in [2.24, 2.45) is 46.3 Å². The van der Waals surface area contributed by atoms with Crippen molar-refractivity contribution in [1.82, 2.24) is 0 Å². The predicted molar refractivity (Wildman–Crippen MR) is 118 cm³/mol. The molecule has 1 nitrogen and oxygen atoms in total. The van der Waals surface area contributed by atoms with Crippen LogP contribution in [0, 0.1) is 46.3 Å². The summed E-state index contributed by atoms with van der Waals surface area (Å²) in [6.07, 6.45) is 16.6. The van der Waals surface area contributed by atoms with Gasteiger partial charge >= 0.3 is 0 Å². The lowest BCUT2D eigenvalue weighted by atomic mass is 9.46. The van der Waals surface area contributed by atoms with Gasteiger partial charge < -0.3 is 0 Å². The van der Waals surface area contributed by atoms with E-state index in [1.807, 2.05) is 0 Å². The van der Waals surface area contributed by atoms with Crippen LogP contribution in [0.15, 0.2) is 11.6 Å².